The van der Waals surface area contributed by atoms with E-state index in [1.54, 1.807) is 11.1 Å². The van der Waals surface area contributed by atoms with E-state index >= 15 is 0 Å². The van der Waals surface area contributed by atoms with Crippen molar-refractivity contribution in [3.05, 3.63) is 47.1 Å². The summed E-state index contributed by atoms with van der Waals surface area (Å²) in [5.74, 6) is 0.144. The number of hydrogen-bond acceptors (Lipinski definition) is 5. The third-order valence-corrected chi connectivity index (χ3v) is 4.57. The van der Waals surface area contributed by atoms with Gasteiger partial charge in [-0.1, -0.05) is 11.6 Å². The number of rotatable bonds is 2. The molecule has 9 heteroatoms. The summed E-state index contributed by atoms with van der Waals surface area (Å²) in [5.41, 5.74) is 0.998. The number of piperazine rings is 1. The number of amides is 1. The number of carbonyl (C=O) groups excluding carboxylic acids is 1. The Morgan fingerprint density at radius 3 is 2.76 bits per heavy atom. The Morgan fingerprint density at radius 2 is 2.00 bits per heavy atom. The molecule has 0 spiro atoms. The highest BCUT2D eigenvalue weighted by Gasteiger charge is 2.25. The summed E-state index contributed by atoms with van der Waals surface area (Å²) in [5, 5.41) is 7.79. The standard InChI is InChI=1S/C16H14ClFN6O/c17-13-7-10(18)1-2-11(13)16(25)24-5-3-23(4-6-24)15-12-8-21-22-14(12)19-9-20-15/h1-2,7-9H,3-6H2,(H,19,20,21,22). The number of benzene rings is 1. The second-order valence-electron chi connectivity index (χ2n) is 5.73. The highest BCUT2D eigenvalue weighted by molar-refractivity contribution is 6.33. The first-order valence-electron chi connectivity index (χ1n) is 7.77. The van der Waals surface area contributed by atoms with Crippen molar-refractivity contribution in [2.24, 2.45) is 0 Å². The molecular formula is C16H14ClFN6O. The molecule has 1 aromatic carbocycles. The van der Waals surface area contributed by atoms with Crippen molar-refractivity contribution in [1.29, 1.82) is 0 Å². The fraction of sp³-hybridized carbons (Fsp3) is 0.250. The van der Waals surface area contributed by atoms with Gasteiger partial charge in [0.1, 0.15) is 18.0 Å². The minimum absolute atomic E-state index is 0.128. The molecule has 2 aromatic heterocycles. The number of H-pyrrole nitrogens is 1. The number of nitrogens with zero attached hydrogens (tertiary/aromatic N) is 5. The fourth-order valence-electron chi connectivity index (χ4n) is 2.96. The van der Waals surface area contributed by atoms with E-state index in [4.69, 9.17) is 11.6 Å². The van der Waals surface area contributed by atoms with Gasteiger partial charge in [-0.3, -0.25) is 9.89 Å². The van der Waals surface area contributed by atoms with Crippen molar-refractivity contribution < 1.29 is 9.18 Å². The van der Waals surface area contributed by atoms with Gasteiger partial charge in [0, 0.05) is 26.2 Å². The molecule has 1 saturated heterocycles. The maximum absolute atomic E-state index is 13.2. The van der Waals surface area contributed by atoms with Crippen LogP contribution in [0.1, 0.15) is 10.4 Å². The smallest absolute Gasteiger partial charge is 0.255 e. The lowest BCUT2D eigenvalue weighted by atomic mass is 10.1. The molecule has 0 aliphatic carbocycles. The quantitative estimate of drug-likeness (QED) is 0.757. The lowest BCUT2D eigenvalue weighted by Crippen LogP contribution is -2.49. The van der Waals surface area contributed by atoms with Crippen LogP contribution in [0.5, 0.6) is 0 Å². The van der Waals surface area contributed by atoms with Gasteiger partial charge in [0.2, 0.25) is 0 Å². The second kappa shape index (κ2) is 6.29. The maximum atomic E-state index is 13.2. The molecule has 3 aromatic rings. The summed E-state index contributed by atoms with van der Waals surface area (Å²) in [4.78, 5) is 24.9. The minimum atomic E-state index is -0.459. The van der Waals surface area contributed by atoms with Crippen LogP contribution in [-0.4, -0.2) is 57.2 Å². The van der Waals surface area contributed by atoms with Crippen LogP contribution in [0.4, 0.5) is 10.2 Å². The van der Waals surface area contributed by atoms with E-state index < -0.39 is 5.82 Å². The third-order valence-electron chi connectivity index (χ3n) is 4.25. The molecule has 0 atom stereocenters. The van der Waals surface area contributed by atoms with Crippen molar-refractivity contribution in [1.82, 2.24) is 25.1 Å². The van der Waals surface area contributed by atoms with Crippen LogP contribution in [0.2, 0.25) is 5.02 Å². The summed E-state index contributed by atoms with van der Waals surface area (Å²) in [6.07, 6.45) is 3.19. The molecule has 1 aliphatic heterocycles. The minimum Gasteiger partial charge on any atom is -0.352 e. The van der Waals surface area contributed by atoms with Crippen LogP contribution >= 0.6 is 11.6 Å². The molecule has 0 unspecified atom stereocenters. The van der Waals surface area contributed by atoms with Gasteiger partial charge in [-0.25, -0.2) is 14.4 Å². The van der Waals surface area contributed by atoms with Gasteiger partial charge in [0.05, 0.1) is 22.2 Å². The Morgan fingerprint density at radius 1 is 1.20 bits per heavy atom. The molecule has 1 fully saturated rings. The number of carbonyl (C=O) groups is 1. The first-order valence-corrected chi connectivity index (χ1v) is 8.14. The molecule has 0 radical (unpaired) electrons. The normalized spacial score (nSPS) is 15.0. The zero-order valence-corrected chi connectivity index (χ0v) is 13.9. The van der Waals surface area contributed by atoms with E-state index in [1.165, 1.54) is 18.5 Å². The Hall–Kier alpha value is -2.74. The monoisotopic (exact) mass is 360 g/mol. The topological polar surface area (TPSA) is 78.0 Å². The van der Waals surface area contributed by atoms with Gasteiger partial charge in [0.25, 0.3) is 5.91 Å². The summed E-state index contributed by atoms with van der Waals surface area (Å²) in [7, 11) is 0. The number of fused-ring (bicyclic) bond motifs is 1. The van der Waals surface area contributed by atoms with Crippen LogP contribution in [0.3, 0.4) is 0 Å². The van der Waals surface area contributed by atoms with E-state index in [9.17, 15) is 9.18 Å². The highest BCUT2D eigenvalue weighted by Crippen LogP contribution is 2.24. The number of nitrogens with one attached hydrogen (secondary N) is 1. The van der Waals surface area contributed by atoms with Crippen molar-refractivity contribution in [3.8, 4) is 0 Å². The first-order chi connectivity index (χ1) is 12.1. The van der Waals surface area contributed by atoms with Crippen molar-refractivity contribution >= 4 is 34.4 Å². The van der Waals surface area contributed by atoms with Gasteiger partial charge in [-0.15, -0.1) is 0 Å². The van der Waals surface area contributed by atoms with E-state index in [0.29, 0.717) is 37.4 Å². The predicted octanol–water partition coefficient (Wildman–Crippen LogP) is 2.11. The largest absolute Gasteiger partial charge is 0.352 e. The van der Waals surface area contributed by atoms with Crippen LogP contribution in [0.15, 0.2) is 30.7 Å². The third kappa shape index (κ3) is 2.89. The maximum Gasteiger partial charge on any atom is 0.255 e. The SMILES string of the molecule is O=C(c1ccc(F)cc1Cl)N1CCN(c2ncnc3[nH]ncc23)CC1. The Labute approximate surface area is 147 Å². The molecule has 1 aliphatic rings. The van der Waals surface area contributed by atoms with Gasteiger partial charge in [-0.2, -0.15) is 5.10 Å². The number of halogens is 2. The Bertz CT molecular complexity index is 937. The molecule has 0 bridgehead atoms. The van der Waals surface area contributed by atoms with E-state index in [0.717, 1.165) is 17.3 Å². The molecule has 3 heterocycles. The summed E-state index contributed by atoms with van der Waals surface area (Å²) in [6, 6.07) is 3.82. The van der Waals surface area contributed by atoms with Crippen LogP contribution in [-0.2, 0) is 0 Å². The van der Waals surface area contributed by atoms with Crippen LogP contribution in [0, 0.1) is 5.82 Å². The summed E-state index contributed by atoms with van der Waals surface area (Å²) in [6.45, 7) is 2.30. The predicted molar refractivity (Wildman–Crippen MR) is 91.2 cm³/mol. The van der Waals surface area contributed by atoms with Crippen molar-refractivity contribution in [3.63, 3.8) is 0 Å². The van der Waals surface area contributed by atoms with E-state index in [-0.39, 0.29) is 10.9 Å². The molecule has 4 rings (SSSR count). The van der Waals surface area contributed by atoms with Gasteiger partial charge in [0.15, 0.2) is 5.65 Å². The van der Waals surface area contributed by atoms with Crippen molar-refractivity contribution in [2.75, 3.05) is 31.1 Å². The van der Waals surface area contributed by atoms with Crippen LogP contribution in [0.25, 0.3) is 11.0 Å². The first kappa shape index (κ1) is 15.8. The number of aromatic amines is 1. The molecule has 128 valence electrons. The highest BCUT2D eigenvalue weighted by atomic mass is 35.5. The number of anilines is 1. The lowest BCUT2D eigenvalue weighted by Gasteiger charge is -2.35. The molecular weight excluding hydrogens is 347 g/mol. The summed E-state index contributed by atoms with van der Waals surface area (Å²) >= 11 is 6.00. The zero-order chi connectivity index (χ0) is 17.4. The molecule has 25 heavy (non-hydrogen) atoms. The van der Waals surface area contributed by atoms with Crippen LogP contribution < -0.4 is 4.90 Å². The Balaban J connectivity index is 1.50. The van der Waals surface area contributed by atoms with E-state index in [1.807, 2.05) is 0 Å². The molecule has 1 N–H and O–H groups in total. The summed E-state index contributed by atoms with van der Waals surface area (Å²) < 4.78 is 13.2. The van der Waals surface area contributed by atoms with Gasteiger partial charge in [-0.05, 0) is 18.2 Å². The molecule has 1 amide bonds. The van der Waals surface area contributed by atoms with Gasteiger partial charge >= 0.3 is 0 Å². The average molecular weight is 361 g/mol. The number of aromatic nitrogens is 4. The fourth-order valence-corrected chi connectivity index (χ4v) is 3.21. The molecule has 7 nitrogen and oxygen atoms in total. The lowest BCUT2D eigenvalue weighted by molar-refractivity contribution is 0.0746. The number of hydrogen-bond donors (Lipinski definition) is 1. The average Bonchev–Trinajstić information content (AvgIpc) is 3.10. The van der Waals surface area contributed by atoms with Gasteiger partial charge < -0.3 is 9.80 Å². The van der Waals surface area contributed by atoms with E-state index in [2.05, 4.69) is 25.1 Å². The molecule has 0 saturated carbocycles. The second-order valence-corrected chi connectivity index (χ2v) is 6.14. The van der Waals surface area contributed by atoms with Crippen molar-refractivity contribution in [2.45, 2.75) is 0 Å². The zero-order valence-electron chi connectivity index (χ0n) is 13.1. The Kier molecular flexibility index (Phi) is 3.96.